The number of nitrogens with one attached hydrogen (secondary N) is 2. The van der Waals surface area contributed by atoms with Gasteiger partial charge in [-0.05, 0) is 47.2 Å². The van der Waals surface area contributed by atoms with Gasteiger partial charge in [0, 0.05) is 45.0 Å². The molecule has 10 heteroatoms. The molecule has 3 aromatic rings. The molecule has 0 radical (unpaired) electrons. The molecule has 178 valence electrons. The minimum Gasteiger partial charge on any atom is -0.347 e. The number of carbonyl (C=O) groups is 2. The summed E-state index contributed by atoms with van der Waals surface area (Å²) in [5, 5.41) is 6.81. The number of sulfonamides is 1. The third-order valence-corrected chi connectivity index (χ3v) is 7.61. The van der Waals surface area contributed by atoms with Gasteiger partial charge in [-0.2, -0.15) is 4.31 Å². The van der Waals surface area contributed by atoms with E-state index in [1.165, 1.54) is 28.6 Å². The fourth-order valence-electron chi connectivity index (χ4n) is 3.80. The summed E-state index contributed by atoms with van der Waals surface area (Å²) in [4.78, 5) is 26.2. The highest BCUT2D eigenvalue weighted by molar-refractivity contribution is 7.89. The Bertz CT molecular complexity index is 1290. The van der Waals surface area contributed by atoms with Gasteiger partial charge < -0.3 is 10.6 Å². The summed E-state index contributed by atoms with van der Waals surface area (Å²) in [7, 11) is -3.59. The number of fused-ring (bicyclic) bond motifs is 1. The summed E-state index contributed by atoms with van der Waals surface area (Å²) in [6, 6.07) is 17.9. The van der Waals surface area contributed by atoms with Crippen LogP contribution in [-0.2, 0) is 19.6 Å². The molecule has 0 aliphatic carbocycles. The van der Waals surface area contributed by atoms with Gasteiger partial charge in [-0.15, -0.1) is 0 Å². The van der Waals surface area contributed by atoms with Crippen molar-refractivity contribution in [2.45, 2.75) is 4.90 Å². The van der Waals surface area contributed by atoms with Crippen LogP contribution in [0.25, 0.3) is 10.8 Å². The Labute approximate surface area is 197 Å². The molecule has 2 amide bonds. The molecule has 1 aliphatic heterocycles. The maximum Gasteiger partial charge on any atom is 0.313 e. The SMILES string of the molecule is O=C(NCCN1CCN(S(=O)(=O)c2ccc3ccccc3c2)CC1)C(=O)Nc1ccc(F)cc1. The van der Waals surface area contributed by atoms with Crippen LogP contribution in [0.4, 0.5) is 10.1 Å². The molecule has 34 heavy (non-hydrogen) atoms. The van der Waals surface area contributed by atoms with Crippen LogP contribution in [0.5, 0.6) is 0 Å². The Balaban J connectivity index is 1.23. The predicted octanol–water partition coefficient (Wildman–Crippen LogP) is 2.04. The zero-order valence-corrected chi connectivity index (χ0v) is 19.2. The molecule has 2 N–H and O–H groups in total. The van der Waals surface area contributed by atoms with Crippen molar-refractivity contribution in [3.63, 3.8) is 0 Å². The number of nitrogens with zero attached hydrogens (tertiary/aromatic N) is 2. The number of hydrogen-bond donors (Lipinski definition) is 2. The molecule has 1 aliphatic rings. The number of halogens is 1. The molecule has 1 fully saturated rings. The molecule has 0 aromatic heterocycles. The largest absolute Gasteiger partial charge is 0.347 e. The monoisotopic (exact) mass is 484 g/mol. The van der Waals surface area contributed by atoms with Crippen molar-refractivity contribution in [1.82, 2.24) is 14.5 Å². The summed E-state index contributed by atoms with van der Waals surface area (Å²) in [6.45, 7) is 2.45. The summed E-state index contributed by atoms with van der Waals surface area (Å²) >= 11 is 0. The van der Waals surface area contributed by atoms with Gasteiger partial charge in [0.15, 0.2) is 0 Å². The normalized spacial score (nSPS) is 15.2. The lowest BCUT2D eigenvalue weighted by molar-refractivity contribution is -0.136. The highest BCUT2D eigenvalue weighted by Crippen LogP contribution is 2.22. The van der Waals surface area contributed by atoms with Crippen molar-refractivity contribution >= 4 is 38.3 Å². The maximum absolute atomic E-state index is 13.1. The van der Waals surface area contributed by atoms with Crippen LogP contribution in [0.15, 0.2) is 71.6 Å². The molecule has 8 nitrogen and oxygen atoms in total. The molecule has 1 heterocycles. The van der Waals surface area contributed by atoms with Gasteiger partial charge in [-0.3, -0.25) is 14.5 Å². The number of anilines is 1. The first-order chi connectivity index (χ1) is 16.3. The standard InChI is InChI=1S/C24H25FN4O4S/c25-20-6-8-21(9-7-20)27-24(31)23(30)26-11-12-28-13-15-29(16-14-28)34(32,33)22-10-5-18-3-1-2-4-19(18)17-22/h1-10,17H,11-16H2,(H,26,30)(H,27,31). The van der Waals surface area contributed by atoms with Crippen LogP contribution < -0.4 is 10.6 Å². The van der Waals surface area contributed by atoms with Crippen LogP contribution in [-0.4, -0.2) is 68.7 Å². The molecule has 3 aromatic carbocycles. The lowest BCUT2D eigenvalue weighted by Crippen LogP contribution is -2.50. The summed E-state index contributed by atoms with van der Waals surface area (Å²) in [6.07, 6.45) is 0. The first-order valence-electron chi connectivity index (χ1n) is 10.9. The van der Waals surface area contributed by atoms with E-state index in [1.54, 1.807) is 12.1 Å². The van der Waals surface area contributed by atoms with Crippen LogP contribution in [0.1, 0.15) is 0 Å². The second kappa shape index (κ2) is 10.3. The lowest BCUT2D eigenvalue weighted by Gasteiger charge is -2.34. The molecule has 1 saturated heterocycles. The first kappa shape index (κ1) is 23.8. The van der Waals surface area contributed by atoms with Crippen LogP contribution in [0, 0.1) is 5.82 Å². The van der Waals surface area contributed by atoms with E-state index in [9.17, 15) is 22.4 Å². The topological polar surface area (TPSA) is 98.8 Å². The van der Waals surface area contributed by atoms with Crippen molar-refractivity contribution in [2.24, 2.45) is 0 Å². The van der Waals surface area contributed by atoms with Crippen molar-refractivity contribution in [3.8, 4) is 0 Å². The third-order valence-electron chi connectivity index (χ3n) is 5.71. The Hall–Kier alpha value is -3.34. The fourth-order valence-corrected chi connectivity index (χ4v) is 5.26. The van der Waals surface area contributed by atoms with Crippen molar-refractivity contribution in [1.29, 1.82) is 0 Å². The van der Waals surface area contributed by atoms with Crippen LogP contribution in [0.3, 0.4) is 0 Å². The van der Waals surface area contributed by atoms with Crippen LogP contribution >= 0.6 is 0 Å². The Morgan fingerprint density at radius 1 is 0.853 bits per heavy atom. The van der Waals surface area contributed by atoms with E-state index < -0.39 is 27.7 Å². The van der Waals surface area contributed by atoms with Crippen molar-refractivity contribution in [3.05, 3.63) is 72.5 Å². The zero-order chi connectivity index (χ0) is 24.1. The third kappa shape index (κ3) is 5.58. The first-order valence-corrected chi connectivity index (χ1v) is 12.3. The van der Waals surface area contributed by atoms with E-state index >= 15 is 0 Å². The second-order valence-corrected chi connectivity index (χ2v) is 9.91. The maximum atomic E-state index is 13.1. The molecular weight excluding hydrogens is 459 g/mol. The Kier molecular flexibility index (Phi) is 7.20. The summed E-state index contributed by atoms with van der Waals surface area (Å²) in [5.74, 6) is -2.06. The number of carbonyl (C=O) groups excluding carboxylic acids is 2. The van der Waals surface area contributed by atoms with E-state index in [2.05, 4.69) is 10.6 Å². The minimum atomic E-state index is -3.59. The Morgan fingerprint density at radius 2 is 1.53 bits per heavy atom. The highest BCUT2D eigenvalue weighted by Gasteiger charge is 2.28. The van der Waals surface area contributed by atoms with Gasteiger partial charge in [-0.1, -0.05) is 30.3 Å². The summed E-state index contributed by atoms with van der Waals surface area (Å²) < 4.78 is 40.5. The number of rotatable bonds is 6. The average Bonchev–Trinajstić information content (AvgIpc) is 2.85. The van der Waals surface area contributed by atoms with Crippen molar-refractivity contribution in [2.75, 3.05) is 44.6 Å². The van der Waals surface area contributed by atoms with Gasteiger partial charge in [-0.25, -0.2) is 12.8 Å². The highest BCUT2D eigenvalue weighted by atomic mass is 32.2. The lowest BCUT2D eigenvalue weighted by atomic mass is 10.1. The smallest absolute Gasteiger partial charge is 0.313 e. The van der Waals surface area contributed by atoms with Gasteiger partial charge in [0.1, 0.15) is 5.82 Å². The average molecular weight is 485 g/mol. The van der Waals surface area contributed by atoms with Gasteiger partial charge in [0.05, 0.1) is 4.90 Å². The van der Waals surface area contributed by atoms with Crippen LogP contribution in [0.2, 0.25) is 0 Å². The molecule has 0 unspecified atom stereocenters. The number of amides is 2. The van der Waals surface area contributed by atoms with E-state index in [0.717, 1.165) is 10.8 Å². The van der Waals surface area contributed by atoms with Crippen molar-refractivity contribution < 1.29 is 22.4 Å². The Morgan fingerprint density at radius 3 is 2.24 bits per heavy atom. The number of piperazine rings is 1. The summed E-state index contributed by atoms with van der Waals surface area (Å²) in [5.41, 5.74) is 0.324. The predicted molar refractivity (Wildman–Crippen MR) is 127 cm³/mol. The molecule has 0 spiro atoms. The van der Waals surface area contributed by atoms with E-state index in [1.807, 2.05) is 35.2 Å². The van der Waals surface area contributed by atoms with Gasteiger partial charge in [0.2, 0.25) is 10.0 Å². The quantitative estimate of drug-likeness (QED) is 0.522. The van der Waals surface area contributed by atoms with Gasteiger partial charge >= 0.3 is 11.8 Å². The van der Waals surface area contributed by atoms with E-state index in [4.69, 9.17) is 0 Å². The molecule has 4 rings (SSSR count). The zero-order valence-electron chi connectivity index (χ0n) is 18.4. The minimum absolute atomic E-state index is 0.243. The molecular formula is C24H25FN4O4S. The van der Waals surface area contributed by atoms with E-state index in [-0.39, 0.29) is 11.4 Å². The molecule has 0 atom stereocenters. The number of hydrogen-bond acceptors (Lipinski definition) is 5. The number of benzene rings is 3. The second-order valence-electron chi connectivity index (χ2n) is 7.97. The molecule has 0 saturated carbocycles. The fraction of sp³-hybridized carbons (Fsp3) is 0.250. The van der Waals surface area contributed by atoms with E-state index in [0.29, 0.717) is 38.4 Å². The molecule has 0 bridgehead atoms. The van der Waals surface area contributed by atoms with Gasteiger partial charge in [0.25, 0.3) is 0 Å².